The van der Waals surface area contributed by atoms with Crippen molar-refractivity contribution in [3.63, 3.8) is 0 Å². The number of nitro benzene ring substituents is 1. The molecule has 1 heterocycles. The fourth-order valence-electron chi connectivity index (χ4n) is 4.45. The Morgan fingerprint density at radius 3 is 1.93 bits per heavy atom. The molecule has 19 nitrogen and oxygen atoms in total. The summed E-state index contributed by atoms with van der Waals surface area (Å²) in [7, 11) is -5.44. The van der Waals surface area contributed by atoms with E-state index in [4.69, 9.17) is 23.7 Å². The van der Waals surface area contributed by atoms with Crippen LogP contribution in [0.4, 0.5) is 5.69 Å². The minimum Gasteiger partial charge on any atom is -0.481 e. The SMILES string of the molecule is CC(=O)OC[C@H]1OC(N([C@@H](CCC(=O)O)C(=O)O)S(=O)(=O)c2ccccc2[N+](=O)[O-])[C@H](OC(C)=O)[C@@H](OC(C)=O)[C@@H]1OC(C)=O. The van der Waals surface area contributed by atoms with Gasteiger partial charge in [0.1, 0.15) is 18.8 Å². The third kappa shape index (κ3) is 9.40. The molecule has 1 aromatic carbocycles. The molecule has 45 heavy (non-hydrogen) atoms. The molecule has 248 valence electrons. The molecule has 0 bridgehead atoms. The minimum absolute atomic E-state index is 0.0372. The number of hydrogen-bond acceptors (Lipinski definition) is 15. The van der Waals surface area contributed by atoms with E-state index in [1.807, 2.05) is 0 Å². The maximum Gasteiger partial charge on any atom is 0.322 e. The van der Waals surface area contributed by atoms with E-state index in [1.54, 1.807) is 0 Å². The molecule has 1 unspecified atom stereocenters. The number of rotatable bonds is 14. The highest BCUT2D eigenvalue weighted by Crippen LogP contribution is 2.37. The number of carboxylic acids is 2. The number of nitrogens with zero attached hydrogens (tertiary/aromatic N) is 2. The number of esters is 4. The number of hydrogen-bond donors (Lipinski definition) is 2. The van der Waals surface area contributed by atoms with Crippen LogP contribution in [0.2, 0.25) is 0 Å². The van der Waals surface area contributed by atoms with E-state index in [0.717, 1.165) is 52.0 Å². The minimum atomic E-state index is -5.44. The zero-order chi connectivity index (χ0) is 34.2. The number of carbonyl (C=O) groups is 6. The predicted octanol–water partition coefficient (Wildman–Crippen LogP) is -0.0134. The van der Waals surface area contributed by atoms with Crippen molar-refractivity contribution in [2.75, 3.05) is 6.61 Å². The van der Waals surface area contributed by atoms with E-state index in [0.29, 0.717) is 0 Å². The summed E-state index contributed by atoms with van der Waals surface area (Å²) in [5.41, 5.74) is -1.02. The highest BCUT2D eigenvalue weighted by molar-refractivity contribution is 7.89. The van der Waals surface area contributed by atoms with Crippen LogP contribution in [0.5, 0.6) is 0 Å². The van der Waals surface area contributed by atoms with Crippen LogP contribution in [-0.2, 0) is 62.5 Å². The van der Waals surface area contributed by atoms with Crippen LogP contribution in [0.15, 0.2) is 29.2 Å². The van der Waals surface area contributed by atoms with Crippen LogP contribution >= 0.6 is 0 Å². The smallest absolute Gasteiger partial charge is 0.322 e. The van der Waals surface area contributed by atoms with Gasteiger partial charge in [-0.3, -0.25) is 38.9 Å². The Kier molecular flexibility index (Phi) is 12.4. The van der Waals surface area contributed by atoms with E-state index < -0.39 is 117 Å². The first-order valence-electron chi connectivity index (χ1n) is 12.9. The number of benzene rings is 1. The van der Waals surface area contributed by atoms with Crippen LogP contribution < -0.4 is 0 Å². The zero-order valence-corrected chi connectivity index (χ0v) is 25.0. The highest BCUT2D eigenvalue weighted by Gasteiger charge is 2.58. The first-order valence-corrected chi connectivity index (χ1v) is 14.3. The summed E-state index contributed by atoms with van der Waals surface area (Å²) in [6.45, 7) is 2.81. The summed E-state index contributed by atoms with van der Waals surface area (Å²) >= 11 is 0. The van der Waals surface area contributed by atoms with Gasteiger partial charge >= 0.3 is 35.8 Å². The van der Waals surface area contributed by atoms with Crippen LogP contribution in [0, 0.1) is 10.1 Å². The van der Waals surface area contributed by atoms with Crippen LogP contribution in [0.1, 0.15) is 40.5 Å². The van der Waals surface area contributed by atoms with Crippen LogP contribution in [0.25, 0.3) is 0 Å². The molecule has 1 aliphatic heterocycles. The number of carbonyl (C=O) groups excluding carboxylic acids is 4. The number of nitro groups is 1. The second kappa shape index (κ2) is 15.3. The van der Waals surface area contributed by atoms with Gasteiger partial charge in [0.2, 0.25) is 0 Å². The molecular weight excluding hydrogens is 632 g/mol. The summed E-state index contributed by atoms with van der Waals surface area (Å²) in [5.74, 6) is -7.67. The summed E-state index contributed by atoms with van der Waals surface area (Å²) in [5, 5.41) is 31.2. The van der Waals surface area contributed by atoms with Gasteiger partial charge in [-0.25, -0.2) is 8.42 Å². The Morgan fingerprint density at radius 1 is 0.911 bits per heavy atom. The Labute approximate surface area is 255 Å². The molecule has 0 radical (unpaired) electrons. The molecule has 1 aliphatic rings. The largest absolute Gasteiger partial charge is 0.481 e. The number of para-hydroxylation sites is 1. The standard InChI is InChI=1S/C25H30N2O17S/c1-12(28)40-11-18-21(41-13(2)29)22(42-14(3)30)23(43-15(4)31)24(44-18)26(17(25(34)35)9-10-20(32)33)45(38,39)19-8-6-5-7-16(19)27(36)37/h5-8,17-18,21-24H,9-11H2,1-4H3,(H,32,33)(H,34,35)/t17-,18+,21+,22-,23+,24?/m0/s1. The molecule has 20 heteroatoms. The first kappa shape index (κ1) is 36.5. The van der Waals surface area contributed by atoms with Crippen molar-refractivity contribution < 1.29 is 76.0 Å². The fraction of sp³-hybridized carbons (Fsp3) is 0.520. The molecule has 6 atom stereocenters. The third-order valence-corrected chi connectivity index (χ3v) is 7.98. The number of ether oxygens (including phenoxy) is 5. The van der Waals surface area contributed by atoms with Crippen LogP contribution in [0.3, 0.4) is 0 Å². The van der Waals surface area contributed by atoms with Crippen molar-refractivity contribution in [2.45, 2.75) is 82.1 Å². The Bertz CT molecular complexity index is 1440. The Balaban J connectivity index is 3.00. The molecular formula is C25H30N2O17S. The van der Waals surface area contributed by atoms with Crippen molar-refractivity contribution in [2.24, 2.45) is 0 Å². The maximum atomic E-state index is 14.3. The van der Waals surface area contributed by atoms with E-state index in [1.165, 1.54) is 0 Å². The zero-order valence-electron chi connectivity index (χ0n) is 24.2. The van der Waals surface area contributed by atoms with Gasteiger partial charge in [-0.1, -0.05) is 12.1 Å². The van der Waals surface area contributed by atoms with Gasteiger partial charge in [0.15, 0.2) is 29.4 Å². The lowest BCUT2D eigenvalue weighted by atomic mass is 9.96. The highest BCUT2D eigenvalue weighted by atomic mass is 32.2. The Morgan fingerprint density at radius 2 is 1.44 bits per heavy atom. The van der Waals surface area contributed by atoms with Crippen LogP contribution in [-0.4, -0.2) is 107 Å². The molecule has 0 aromatic heterocycles. The maximum absolute atomic E-state index is 14.3. The molecule has 0 aliphatic carbocycles. The molecule has 2 rings (SSSR count). The molecule has 1 fully saturated rings. The van der Waals surface area contributed by atoms with Crippen molar-refractivity contribution >= 4 is 51.5 Å². The lowest BCUT2D eigenvalue weighted by Gasteiger charge is -2.48. The van der Waals surface area contributed by atoms with Gasteiger partial charge in [-0.05, 0) is 12.5 Å². The fourth-order valence-corrected chi connectivity index (χ4v) is 6.31. The summed E-state index contributed by atoms with van der Waals surface area (Å²) in [6, 6.07) is 1.40. The summed E-state index contributed by atoms with van der Waals surface area (Å²) in [4.78, 5) is 81.8. The second-order valence-corrected chi connectivity index (χ2v) is 11.2. The van der Waals surface area contributed by atoms with Crippen molar-refractivity contribution in [3.05, 3.63) is 34.4 Å². The third-order valence-electron chi connectivity index (χ3n) is 6.06. The van der Waals surface area contributed by atoms with E-state index >= 15 is 0 Å². The first-order chi connectivity index (χ1) is 20.9. The van der Waals surface area contributed by atoms with Crippen molar-refractivity contribution in [3.8, 4) is 0 Å². The second-order valence-electron chi connectivity index (χ2n) is 9.44. The quantitative estimate of drug-likeness (QED) is 0.115. The predicted molar refractivity (Wildman–Crippen MR) is 142 cm³/mol. The molecule has 1 saturated heterocycles. The summed E-state index contributed by atoms with van der Waals surface area (Å²) in [6.07, 6.45) is -11.9. The van der Waals surface area contributed by atoms with Gasteiger partial charge in [-0.15, -0.1) is 0 Å². The molecule has 0 spiro atoms. The lowest BCUT2D eigenvalue weighted by Crippen LogP contribution is -2.68. The number of carboxylic acid groups (broad SMARTS) is 2. The molecule has 0 amide bonds. The molecule has 1 aromatic rings. The average molecular weight is 663 g/mol. The summed E-state index contributed by atoms with van der Waals surface area (Å²) < 4.78 is 55.1. The normalized spacial score (nSPS) is 22.0. The topological polar surface area (TPSA) is 270 Å². The van der Waals surface area contributed by atoms with Crippen molar-refractivity contribution in [1.29, 1.82) is 0 Å². The van der Waals surface area contributed by atoms with E-state index in [2.05, 4.69) is 0 Å². The average Bonchev–Trinajstić information content (AvgIpc) is 2.91. The molecule has 2 N–H and O–H groups in total. The van der Waals surface area contributed by atoms with Gasteiger partial charge in [0, 0.05) is 40.2 Å². The monoisotopic (exact) mass is 662 g/mol. The lowest BCUT2D eigenvalue weighted by molar-refractivity contribution is -0.387. The number of aliphatic carboxylic acids is 2. The van der Waals surface area contributed by atoms with E-state index in [9.17, 15) is 57.5 Å². The van der Waals surface area contributed by atoms with E-state index in [-0.39, 0.29) is 4.31 Å². The van der Waals surface area contributed by atoms with Gasteiger partial charge in [-0.2, -0.15) is 4.31 Å². The number of sulfonamides is 1. The van der Waals surface area contributed by atoms with Gasteiger partial charge < -0.3 is 33.9 Å². The van der Waals surface area contributed by atoms with Gasteiger partial charge in [0.05, 0.1) is 4.92 Å². The molecule has 0 saturated carbocycles. The Hall–Kier alpha value is -4.69. The van der Waals surface area contributed by atoms with Gasteiger partial charge in [0.25, 0.3) is 15.7 Å². The van der Waals surface area contributed by atoms with Crippen molar-refractivity contribution in [1.82, 2.24) is 4.31 Å².